The molecule has 0 spiro atoms. The van der Waals surface area contributed by atoms with Gasteiger partial charge >= 0.3 is 0 Å². The predicted molar refractivity (Wildman–Crippen MR) is 84.9 cm³/mol. The van der Waals surface area contributed by atoms with Gasteiger partial charge in [-0.1, -0.05) is 62.2 Å². The molecule has 0 fully saturated rings. The van der Waals surface area contributed by atoms with E-state index in [1.54, 1.807) is 0 Å². The molecule has 2 nitrogen and oxygen atoms in total. The highest BCUT2D eigenvalue weighted by atomic mass is 79.9. The van der Waals surface area contributed by atoms with Crippen LogP contribution in [0, 0.1) is 0 Å². The van der Waals surface area contributed by atoms with Crippen LogP contribution in [0.15, 0.2) is 57.5 Å². The van der Waals surface area contributed by atoms with E-state index in [1.165, 1.54) is 0 Å². The Morgan fingerprint density at radius 2 is 1.84 bits per heavy atom. The zero-order chi connectivity index (χ0) is 13.7. The maximum atomic E-state index is 5.92. The highest BCUT2D eigenvalue weighted by molar-refractivity contribution is 9.10. The highest BCUT2D eigenvalue weighted by Gasteiger charge is 2.11. The van der Waals surface area contributed by atoms with Gasteiger partial charge < -0.3 is 10.5 Å². The predicted octanol–water partition coefficient (Wildman–Crippen LogP) is 4.43. The van der Waals surface area contributed by atoms with Crippen molar-refractivity contribution in [2.45, 2.75) is 12.7 Å². The Hall–Kier alpha value is -0.680. The van der Waals surface area contributed by atoms with Gasteiger partial charge in [0.05, 0.1) is 12.7 Å². The summed E-state index contributed by atoms with van der Waals surface area (Å²) in [6.45, 7) is 0.997. The second-order valence-electron chi connectivity index (χ2n) is 4.18. The quantitative estimate of drug-likeness (QED) is 0.827. The van der Waals surface area contributed by atoms with Gasteiger partial charge in [-0.15, -0.1) is 0 Å². The number of ether oxygens (including phenoxy) is 1. The lowest BCUT2D eigenvalue weighted by atomic mass is 10.1. The van der Waals surface area contributed by atoms with E-state index in [4.69, 9.17) is 10.5 Å². The standard InChI is InChI=1S/C15H15Br2NO/c16-13-6-3-5-11(8-13)15(9-18)19-10-12-4-1-2-7-14(12)17/h1-8,15H,9-10,18H2. The van der Waals surface area contributed by atoms with Gasteiger partial charge in [-0.2, -0.15) is 0 Å². The first-order chi connectivity index (χ1) is 9.20. The minimum absolute atomic E-state index is 0.0930. The SMILES string of the molecule is NCC(OCc1ccccc1Br)c1cccc(Br)c1. The fraction of sp³-hybridized carbons (Fsp3) is 0.200. The summed E-state index contributed by atoms with van der Waals surface area (Å²) in [5.41, 5.74) is 8.01. The molecule has 0 aliphatic heterocycles. The zero-order valence-electron chi connectivity index (χ0n) is 10.4. The Balaban J connectivity index is 2.06. The van der Waals surface area contributed by atoms with E-state index in [0.717, 1.165) is 20.1 Å². The van der Waals surface area contributed by atoms with Crippen molar-refractivity contribution >= 4 is 31.9 Å². The number of halogens is 2. The van der Waals surface area contributed by atoms with Gasteiger partial charge in [0.2, 0.25) is 0 Å². The van der Waals surface area contributed by atoms with Crippen molar-refractivity contribution in [3.05, 3.63) is 68.6 Å². The molecule has 100 valence electrons. The van der Waals surface area contributed by atoms with Crippen LogP contribution in [0.2, 0.25) is 0 Å². The molecule has 0 radical (unpaired) electrons. The minimum Gasteiger partial charge on any atom is -0.367 e. The maximum Gasteiger partial charge on any atom is 0.0952 e. The molecule has 2 aromatic rings. The third kappa shape index (κ3) is 4.14. The van der Waals surface area contributed by atoms with E-state index >= 15 is 0 Å². The fourth-order valence-electron chi connectivity index (χ4n) is 1.81. The molecule has 0 aromatic heterocycles. The lowest BCUT2D eigenvalue weighted by Gasteiger charge is -2.17. The van der Waals surface area contributed by atoms with Crippen LogP contribution in [0.25, 0.3) is 0 Å². The molecule has 0 bridgehead atoms. The summed E-state index contributed by atoms with van der Waals surface area (Å²) in [5.74, 6) is 0. The Kier molecular flexibility index (Phi) is 5.58. The molecule has 0 saturated heterocycles. The lowest BCUT2D eigenvalue weighted by Crippen LogP contribution is -2.16. The van der Waals surface area contributed by atoms with Gasteiger partial charge in [0, 0.05) is 15.5 Å². The molecular weight excluding hydrogens is 370 g/mol. The summed E-state index contributed by atoms with van der Waals surface area (Å²) in [5, 5.41) is 0. The summed E-state index contributed by atoms with van der Waals surface area (Å²) in [6, 6.07) is 16.1. The lowest BCUT2D eigenvalue weighted by molar-refractivity contribution is 0.0453. The highest BCUT2D eigenvalue weighted by Crippen LogP contribution is 2.23. The van der Waals surface area contributed by atoms with Gasteiger partial charge in [0.15, 0.2) is 0 Å². The van der Waals surface area contributed by atoms with Crippen molar-refractivity contribution in [3.63, 3.8) is 0 Å². The first kappa shape index (κ1) is 14.7. The van der Waals surface area contributed by atoms with E-state index in [-0.39, 0.29) is 6.10 Å². The smallest absolute Gasteiger partial charge is 0.0952 e. The van der Waals surface area contributed by atoms with Gasteiger partial charge in [-0.05, 0) is 29.3 Å². The molecule has 0 heterocycles. The first-order valence-electron chi connectivity index (χ1n) is 6.01. The number of rotatable bonds is 5. The zero-order valence-corrected chi connectivity index (χ0v) is 13.5. The van der Waals surface area contributed by atoms with Crippen molar-refractivity contribution in [1.29, 1.82) is 0 Å². The van der Waals surface area contributed by atoms with Crippen LogP contribution in [0.4, 0.5) is 0 Å². The number of benzene rings is 2. The third-order valence-electron chi connectivity index (χ3n) is 2.83. The van der Waals surface area contributed by atoms with Crippen molar-refractivity contribution in [2.75, 3.05) is 6.54 Å². The summed E-state index contributed by atoms with van der Waals surface area (Å²) < 4.78 is 8.01. The Morgan fingerprint density at radius 3 is 2.53 bits per heavy atom. The molecule has 0 aliphatic rings. The minimum atomic E-state index is -0.0930. The van der Waals surface area contributed by atoms with E-state index in [2.05, 4.69) is 31.9 Å². The molecule has 4 heteroatoms. The van der Waals surface area contributed by atoms with Gasteiger partial charge in [0.25, 0.3) is 0 Å². The molecule has 0 saturated carbocycles. The second kappa shape index (κ2) is 7.20. The monoisotopic (exact) mass is 383 g/mol. The maximum absolute atomic E-state index is 5.92. The van der Waals surface area contributed by atoms with Crippen LogP contribution in [0.1, 0.15) is 17.2 Å². The van der Waals surface area contributed by atoms with Crippen LogP contribution in [0.5, 0.6) is 0 Å². The number of hydrogen-bond donors (Lipinski definition) is 1. The van der Waals surface area contributed by atoms with E-state index < -0.39 is 0 Å². The van der Waals surface area contributed by atoms with Crippen LogP contribution >= 0.6 is 31.9 Å². The molecule has 0 amide bonds. The van der Waals surface area contributed by atoms with Crippen LogP contribution in [-0.2, 0) is 11.3 Å². The summed E-state index contributed by atoms with van der Waals surface area (Å²) in [7, 11) is 0. The fourth-order valence-corrected chi connectivity index (χ4v) is 2.63. The first-order valence-corrected chi connectivity index (χ1v) is 7.60. The van der Waals surface area contributed by atoms with E-state index in [0.29, 0.717) is 13.2 Å². The molecule has 19 heavy (non-hydrogen) atoms. The molecule has 0 aliphatic carbocycles. The normalized spacial score (nSPS) is 12.4. The number of hydrogen-bond acceptors (Lipinski definition) is 2. The average molecular weight is 385 g/mol. The summed E-state index contributed by atoms with van der Waals surface area (Å²) in [6.07, 6.45) is -0.0930. The summed E-state index contributed by atoms with van der Waals surface area (Å²) >= 11 is 6.98. The average Bonchev–Trinajstić information content (AvgIpc) is 2.41. The van der Waals surface area contributed by atoms with Gasteiger partial charge in [0.1, 0.15) is 0 Å². The largest absolute Gasteiger partial charge is 0.367 e. The number of nitrogens with two attached hydrogens (primary N) is 1. The Labute approximate surface area is 130 Å². The molecular formula is C15H15Br2NO. The molecule has 2 aromatic carbocycles. The topological polar surface area (TPSA) is 35.2 Å². The van der Waals surface area contributed by atoms with Crippen LogP contribution in [-0.4, -0.2) is 6.54 Å². The van der Waals surface area contributed by atoms with Crippen LogP contribution in [0.3, 0.4) is 0 Å². The molecule has 2 rings (SSSR count). The molecule has 2 N–H and O–H groups in total. The summed E-state index contributed by atoms with van der Waals surface area (Å²) in [4.78, 5) is 0. The van der Waals surface area contributed by atoms with Crippen LogP contribution < -0.4 is 5.73 Å². The van der Waals surface area contributed by atoms with Gasteiger partial charge in [-0.25, -0.2) is 0 Å². The Morgan fingerprint density at radius 1 is 1.05 bits per heavy atom. The van der Waals surface area contributed by atoms with Crippen molar-refractivity contribution in [3.8, 4) is 0 Å². The van der Waals surface area contributed by atoms with Crippen molar-refractivity contribution in [2.24, 2.45) is 5.73 Å². The Bertz CT molecular complexity index is 545. The molecule has 1 atom stereocenters. The van der Waals surface area contributed by atoms with E-state index in [9.17, 15) is 0 Å². The third-order valence-corrected chi connectivity index (χ3v) is 4.10. The van der Waals surface area contributed by atoms with Gasteiger partial charge in [-0.3, -0.25) is 0 Å². The second-order valence-corrected chi connectivity index (χ2v) is 5.95. The molecule has 1 unspecified atom stereocenters. The van der Waals surface area contributed by atoms with Crippen molar-refractivity contribution in [1.82, 2.24) is 0 Å². The van der Waals surface area contributed by atoms with Crippen molar-refractivity contribution < 1.29 is 4.74 Å². The van der Waals surface area contributed by atoms with E-state index in [1.807, 2.05) is 48.5 Å².